The van der Waals surface area contributed by atoms with Gasteiger partial charge < -0.3 is 14.2 Å². The van der Waals surface area contributed by atoms with Crippen LogP contribution in [0.2, 0.25) is 0 Å². The Bertz CT molecular complexity index is 1530. The predicted molar refractivity (Wildman–Crippen MR) is 145 cm³/mol. The van der Waals surface area contributed by atoms with Crippen LogP contribution in [0.15, 0.2) is 102 Å². The summed E-state index contributed by atoms with van der Waals surface area (Å²) in [6.45, 7) is 0.0810. The molecule has 5 rings (SSSR count). The van der Waals surface area contributed by atoms with Crippen LogP contribution < -0.4 is 9.47 Å². The standard InChI is InChI=1S/C32H24F5NO4/c33-26-7-4-8-27(34)29(26)28-19-25(31(39)41-18-17-40-23-5-2-1-3-6-23)30(38-28)22-11-9-20(10-12-22)21-13-15-24(16-14-21)42-32(35,36)37/h1-16,25,30H,17-19H2/t25?,30-/m0/s1. The molecular weight excluding hydrogens is 557 g/mol. The fourth-order valence-electron chi connectivity index (χ4n) is 4.74. The molecule has 4 aromatic rings. The lowest BCUT2D eigenvalue weighted by molar-refractivity contribution is -0.274. The molecule has 1 aliphatic rings. The first-order chi connectivity index (χ1) is 20.2. The summed E-state index contributed by atoms with van der Waals surface area (Å²) in [4.78, 5) is 17.7. The van der Waals surface area contributed by atoms with Gasteiger partial charge in [0.1, 0.15) is 36.3 Å². The van der Waals surface area contributed by atoms with E-state index in [0.29, 0.717) is 22.4 Å². The van der Waals surface area contributed by atoms with Gasteiger partial charge in [-0.25, -0.2) is 8.78 Å². The van der Waals surface area contributed by atoms with Crippen molar-refractivity contribution < 1.29 is 41.0 Å². The fourth-order valence-corrected chi connectivity index (χ4v) is 4.74. The van der Waals surface area contributed by atoms with E-state index in [1.807, 2.05) is 18.2 Å². The van der Waals surface area contributed by atoms with Crippen LogP contribution in [-0.4, -0.2) is 31.3 Å². The zero-order valence-corrected chi connectivity index (χ0v) is 22.0. The Labute approximate surface area is 238 Å². The zero-order valence-electron chi connectivity index (χ0n) is 22.0. The number of ether oxygens (including phenoxy) is 3. The molecule has 42 heavy (non-hydrogen) atoms. The van der Waals surface area contributed by atoms with Crippen molar-refractivity contribution in [2.75, 3.05) is 13.2 Å². The molecule has 0 N–H and O–H groups in total. The van der Waals surface area contributed by atoms with E-state index in [-0.39, 0.29) is 36.7 Å². The molecule has 0 aliphatic carbocycles. The van der Waals surface area contributed by atoms with Crippen molar-refractivity contribution >= 4 is 11.7 Å². The van der Waals surface area contributed by atoms with Crippen molar-refractivity contribution in [1.82, 2.24) is 0 Å². The van der Waals surface area contributed by atoms with Crippen molar-refractivity contribution in [3.8, 4) is 22.6 Å². The minimum Gasteiger partial charge on any atom is -0.490 e. The lowest BCUT2D eigenvalue weighted by Crippen LogP contribution is -2.24. The molecule has 0 aromatic heterocycles. The van der Waals surface area contributed by atoms with Crippen molar-refractivity contribution in [1.29, 1.82) is 0 Å². The van der Waals surface area contributed by atoms with E-state index in [1.54, 1.807) is 36.4 Å². The van der Waals surface area contributed by atoms with Crippen molar-refractivity contribution in [2.45, 2.75) is 18.8 Å². The number of nitrogens with zero attached hydrogens (tertiary/aromatic N) is 1. The Kier molecular flexibility index (Phi) is 8.51. The van der Waals surface area contributed by atoms with Gasteiger partial charge in [-0.2, -0.15) is 0 Å². The number of rotatable bonds is 9. The molecule has 4 aromatic carbocycles. The monoisotopic (exact) mass is 581 g/mol. The minimum absolute atomic E-state index is 0.0344. The number of carbonyl (C=O) groups excluding carboxylic acids is 1. The summed E-state index contributed by atoms with van der Waals surface area (Å²) < 4.78 is 81.6. The van der Waals surface area contributed by atoms with Gasteiger partial charge in [-0.15, -0.1) is 13.2 Å². The van der Waals surface area contributed by atoms with Gasteiger partial charge in [0.25, 0.3) is 0 Å². The third-order valence-corrected chi connectivity index (χ3v) is 6.66. The number of hydrogen-bond donors (Lipinski definition) is 0. The molecule has 0 fully saturated rings. The fraction of sp³-hybridized carbons (Fsp3) is 0.188. The average molecular weight is 582 g/mol. The van der Waals surface area contributed by atoms with Crippen LogP contribution in [0.3, 0.4) is 0 Å². The molecule has 0 spiro atoms. The van der Waals surface area contributed by atoms with Gasteiger partial charge in [0.2, 0.25) is 0 Å². The number of para-hydroxylation sites is 1. The van der Waals surface area contributed by atoms with Gasteiger partial charge in [0, 0.05) is 12.1 Å². The van der Waals surface area contributed by atoms with Crippen molar-refractivity contribution in [3.63, 3.8) is 0 Å². The van der Waals surface area contributed by atoms with Gasteiger partial charge in [0.05, 0.1) is 17.5 Å². The number of alkyl halides is 3. The third-order valence-electron chi connectivity index (χ3n) is 6.66. The van der Waals surface area contributed by atoms with Crippen molar-refractivity contribution in [3.05, 3.63) is 120 Å². The van der Waals surface area contributed by atoms with E-state index < -0.39 is 35.9 Å². The summed E-state index contributed by atoms with van der Waals surface area (Å²) in [7, 11) is 0. The molecule has 1 heterocycles. The molecule has 0 saturated carbocycles. The quantitative estimate of drug-likeness (QED) is 0.116. The molecule has 1 unspecified atom stereocenters. The number of esters is 1. The van der Waals surface area contributed by atoms with Crippen LogP contribution in [0.1, 0.15) is 23.6 Å². The zero-order chi connectivity index (χ0) is 29.7. The summed E-state index contributed by atoms with van der Waals surface area (Å²) in [5.74, 6) is -2.73. The molecule has 0 saturated heterocycles. The summed E-state index contributed by atoms with van der Waals surface area (Å²) in [6, 6.07) is 24.0. The van der Waals surface area contributed by atoms with E-state index in [1.165, 1.54) is 30.3 Å². The normalized spacial score (nSPS) is 16.5. The third kappa shape index (κ3) is 6.94. The second kappa shape index (κ2) is 12.4. The van der Waals surface area contributed by atoms with Crippen LogP contribution in [-0.2, 0) is 9.53 Å². The molecule has 2 atom stereocenters. The molecule has 1 aliphatic heterocycles. The minimum atomic E-state index is -4.79. The number of halogens is 5. The smallest absolute Gasteiger partial charge is 0.490 e. The van der Waals surface area contributed by atoms with E-state index in [2.05, 4.69) is 9.73 Å². The van der Waals surface area contributed by atoms with Gasteiger partial charge in [0.15, 0.2) is 0 Å². The second-order valence-electron chi connectivity index (χ2n) is 9.45. The van der Waals surface area contributed by atoms with Crippen LogP contribution in [0, 0.1) is 17.6 Å². The average Bonchev–Trinajstić information content (AvgIpc) is 3.40. The Morgan fingerprint density at radius 2 is 1.38 bits per heavy atom. The Balaban J connectivity index is 1.34. The maximum atomic E-state index is 14.6. The highest BCUT2D eigenvalue weighted by Crippen LogP contribution is 2.39. The summed E-state index contributed by atoms with van der Waals surface area (Å²) in [5, 5.41) is 0. The Morgan fingerprint density at radius 3 is 2.00 bits per heavy atom. The SMILES string of the molecule is O=C(OCCOc1ccccc1)C1CC(c2c(F)cccc2F)=N[C@H]1c1ccc(-c2ccc(OC(F)(F)F)cc2)cc1. The lowest BCUT2D eigenvalue weighted by Gasteiger charge is -2.18. The summed E-state index contributed by atoms with van der Waals surface area (Å²) in [5.41, 5.74) is 1.75. The molecule has 0 bridgehead atoms. The van der Waals surface area contributed by atoms with E-state index in [0.717, 1.165) is 12.1 Å². The number of aliphatic imine (C=N–C) groups is 1. The molecular formula is C32H24F5NO4. The summed E-state index contributed by atoms with van der Waals surface area (Å²) >= 11 is 0. The number of hydrogen-bond acceptors (Lipinski definition) is 5. The van der Waals surface area contributed by atoms with Crippen LogP contribution in [0.4, 0.5) is 22.0 Å². The van der Waals surface area contributed by atoms with Gasteiger partial charge in [-0.05, 0) is 53.1 Å². The van der Waals surface area contributed by atoms with Gasteiger partial charge >= 0.3 is 12.3 Å². The lowest BCUT2D eigenvalue weighted by atomic mass is 9.90. The highest BCUT2D eigenvalue weighted by Gasteiger charge is 2.39. The topological polar surface area (TPSA) is 57.1 Å². The van der Waals surface area contributed by atoms with Crippen LogP contribution >= 0.6 is 0 Å². The molecule has 5 nitrogen and oxygen atoms in total. The molecule has 10 heteroatoms. The van der Waals surface area contributed by atoms with E-state index in [9.17, 15) is 26.7 Å². The van der Waals surface area contributed by atoms with Crippen LogP contribution in [0.25, 0.3) is 11.1 Å². The highest BCUT2D eigenvalue weighted by atomic mass is 19.4. The van der Waals surface area contributed by atoms with Gasteiger partial charge in [-0.3, -0.25) is 9.79 Å². The van der Waals surface area contributed by atoms with Crippen molar-refractivity contribution in [2.24, 2.45) is 10.9 Å². The first kappa shape index (κ1) is 28.8. The van der Waals surface area contributed by atoms with E-state index >= 15 is 0 Å². The Morgan fingerprint density at radius 1 is 0.762 bits per heavy atom. The maximum Gasteiger partial charge on any atom is 0.573 e. The summed E-state index contributed by atoms with van der Waals surface area (Å²) in [6.07, 6.45) is -4.83. The second-order valence-corrected chi connectivity index (χ2v) is 9.45. The molecule has 216 valence electrons. The highest BCUT2D eigenvalue weighted by molar-refractivity contribution is 6.04. The van der Waals surface area contributed by atoms with E-state index in [4.69, 9.17) is 9.47 Å². The van der Waals surface area contributed by atoms with Crippen LogP contribution in [0.5, 0.6) is 11.5 Å². The maximum absolute atomic E-state index is 14.6. The first-order valence-corrected chi connectivity index (χ1v) is 13.0. The molecule has 0 amide bonds. The predicted octanol–water partition coefficient (Wildman–Crippen LogP) is 7.70. The number of carbonyl (C=O) groups is 1. The first-order valence-electron chi connectivity index (χ1n) is 13.0. The Hall–Kier alpha value is -4.73. The number of benzene rings is 4. The molecule has 0 radical (unpaired) electrons. The van der Waals surface area contributed by atoms with Gasteiger partial charge in [-0.1, -0.05) is 60.7 Å². The largest absolute Gasteiger partial charge is 0.573 e.